The molecule has 1 heterocycles. The van der Waals surface area contributed by atoms with Crippen molar-refractivity contribution < 1.29 is 15.0 Å². The molecule has 1 fully saturated rings. The Morgan fingerprint density at radius 1 is 1.22 bits per heavy atom. The molecule has 1 aliphatic heterocycles. The molecule has 1 aliphatic rings. The van der Waals surface area contributed by atoms with Crippen LogP contribution in [0.2, 0.25) is 0 Å². The van der Waals surface area contributed by atoms with Gasteiger partial charge in [0.15, 0.2) is 0 Å². The number of hydrogen-bond acceptors (Lipinski definition) is 5. The second kappa shape index (κ2) is 14.7. The Morgan fingerprint density at radius 3 is 2.67 bits per heavy atom. The van der Waals surface area contributed by atoms with Gasteiger partial charge in [0, 0.05) is 37.5 Å². The van der Waals surface area contributed by atoms with Crippen molar-refractivity contribution in [2.45, 2.75) is 26.2 Å². The molecule has 0 aliphatic carbocycles. The number of aliphatic hydroxyl groups excluding tert-OH is 2. The normalized spacial score (nSPS) is 17.4. The Kier molecular flexibility index (Phi) is 12.3. The summed E-state index contributed by atoms with van der Waals surface area (Å²) in [7, 11) is 0. The van der Waals surface area contributed by atoms with Gasteiger partial charge in [0.1, 0.15) is 6.73 Å². The number of likely N-dealkylation sites (tertiary alicyclic amines) is 1. The van der Waals surface area contributed by atoms with Gasteiger partial charge in [-0.15, -0.1) is 0 Å². The second-order valence-electron chi connectivity index (χ2n) is 6.13. The van der Waals surface area contributed by atoms with E-state index in [0.29, 0.717) is 12.1 Å². The highest BCUT2D eigenvalue weighted by Gasteiger charge is 2.07. The minimum absolute atomic E-state index is 0.00703. The van der Waals surface area contributed by atoms with E-state index in [0.717, 1.165) is 13.1 Å². The van der Waals surface area contributed by atoms with Gasteiger partial charge in [0.25, 0.3) is 0 Å². The summed E-state index contributed by atoms with van der Waals surface area (Å²) in [5, 5.41) is 20.9. The van der Waals surface area contributed by atoms with Crippen molar-refractivity contribution in [2.75, 3.05) is 26.4 Å². The Morgan fingerprint density at radius 2 is 2.00 bits per heavy atom. The Balaban J connectivity index is 2.55. The van der Waals surface area contributed by atoms with Crippen LogP contribution in [0.4, 0.5) is 0 Å². The summed E-state index contributed by atoms with van der Waals surface area (Å²) in [5.74, 6) is -0.360. The van der Waals surface area contributed by atoms with E-state index in [1.54, 1.807) is 24.3 Å². The number of hydrogen-bond donors (Lipinski definition) is 3. The van der Waals surface area contributed by atoms with E-state index in [-0.39, 0.29) is 25.2 Å². The third-order valence-corrected chi connectivity index (χ3v) is 3.93. The molecule has 1 unspecified atom stereocenters. The molecule has 0 aromatic carbocycles. The summed E-state index contributed by atoms with van der Waals surface area (Å²) in [6.07, 6.45) is 20.7. The highest BCUT2D eigenvalue weighted by Crippen LogP contribution is 2.10. The number of carbonyl (C=O) groups excluding carboxylic acids is 1. The van der Waals surface area contributed by atoms with Gasteiger partial charge in [-0.3, -0.25) is 9.79 Å². The molecule has 1 amide bonds. The zero-order valence-electron chi connectivity index (χ0n) is 16.0. The number of aliphatic imine (C=N–C) groups is 1. The van der Waals surface area contributed by atoms with Crippen molar-refractivity contribution in [1.29, 1.82) is 0 Å². The number of nitrogens with one attached hydrogen (secondary N) is 1. The topological polar surface area (TPSA) is 85.2 Å². The fourth-order valence-electron chi connectivity index (χ4n) is 2.49. The standard InChI is InChI=1S/C21H31N3O3/c1-2-3-9-20(10-6-13-22-18-26)23-21(27)12-11-19(17-25)8-7-16-24-14-4-5-15-24/h2-3,6-7,9-13,16,19,25-26H,4-5,8,14-15,17-18H2,1H3,(H,23,27)/b3-2+,10-6-,12-11+,16-7+,20-9+,22-13+. The molecule has 0 bridgehead atoms. The molecule has 1 atom stereocenters. The molecule has 0 spiro atoms. The lowest BCUT2D eigenvalue weighted by Crippen LogP contribution is -2.19. The monoisotopic (exact) mass is 373 g/mol. The molecule has 1 rings (SSSR count). The van der Waals surface area contributed by atoms with E-state index in [1.165, 1.54) is 25.1 Å². The quantitative estimate of drug-likeness (QED) is 0.295. The van der Waals surface area contributed by atoms with Crippen LogP contribution in [0.25, 0.3) is 0 Å². The van der Waals surface area contributed by atoms with Crippen LogP contribution in [0, 0.1) is 5.92 Å². The molecule has 1 saturated heterocycles. The lowest BCUT2D eigenvalue weighted by atomic mass is 10.1. The first-order chi connectivity index (χ1) is 13.2. The third kappa shape index (κ3) is 11.0. The third-order valence-electron chi connectivity index (χ3n) is 3.93. The van der Waals surface area contributed by atoms with E-state index >= 15 is 0 Å². The van der Waals surface area contributed by atoms with Crippen LogP contribution in [0.15, 0.2) is 65.5 Å². The molecular weight excluding hydrogens is 342 g/mol. The summed E-state index contributed by atoms with van der Waals surface area (Å²) in [6.45, 7) is 3.79. The van der Waals surface area contributed by atoms with E-state index < -0.39 is 0 Å². The Hall–Kier alpha value is -2.44. The van der Waals surface area contributed by atoms with Crippen LogP contribution in [0.5, 0.6) is 0 Å². The minimum atomic E-state index is -0.276. The maximum absolute atomic E-state index is 12.1. The van der Waals surface area contributed by atoms with Crippen LogP contribution >= 0.6 is 0 Å². The lowest BCUT2D eigenvalue weighted by Gasteiger charge is -2.11. The van der Waals surface area contributed by atoms with Crippen molar-refractivity contribution in [1.82, 2.24) is 10.2 Å². The molecular formula is C21H31N3O3. The van der Waals surface area contributed by atoms with Crippen LogP contribution in [0.3, 0.4) is 0 Å². The van der Waals surface area contributed by atoms with Gasteiger partial charge in [0.05, 0.1) is 0 Å². The minimum Gasteiger partial charge on any atom is -0.396 e. The van der Waals surface area contributed by atoms with Gasteiger partial charge in [-0.2, -0.15) is 0 Å². The van der Waals surface area contributed by atoms with E-state index in [2.05, 4.69) is 27.5 Å². The average Bonchev–Trinajstić information content (AvgIpc) is 3.19. The number of allylic oxidation sites excluding steroid dienone is 6. The average molecular weight is 373 g/mol. The highest BCUT2D eigenvalue weighted by atomic mass is 16.3. The molecule has 6 nitrogen and oxygen atoms in total. The summed E-state index contributed by atoms with van der Waals surface area (Å²) in [4.78, 5) is 18.1. The fraction of sp³-hybridized carbons (Fsp3) is 0.429. The van der Waals surface area contributed by atoms with Crippen molar-refractivity contribution in [3.8, 4) is 0 Å². The van der Waals surface area contributed by atoms with Crippen molar-refractivity contribution in [3.63, 3.8) is 0 Å². The summed E-state index contributed by atoms with van der Waals surface area (Å²) in [6, 6.07) is 0. The van der Waals surface area contributed by atoms with Gasteiger partial charge in [-0.1, -0.05) is 24.3 Å². The van der Waals surface area contributed by atoms with Crippen molar-refractivity contribution in [2.24, 2.45) is 10.9 Å². The molecule has 148 valence electrons. The number of nitrogens with zero attached hydrogens (tertiary/aromatic N) is 2. The maximum atomic E-state index is 12.1. The Labute approximate surface area is 162 Å². The second-order valence-corrected chi connectivity index (χ2v) is 6.13. The molecule has 0 radical (unpaired) electrons. The lowest BCUT2D eigenvalue weighted by molar-refractivity contribution is -0.115. The zero-order valence-corrected chi connectivity index (χ0v) is 16.0. The maximum Gasteiger partial charge on any atom is 0.248 e. The summed E-state index contributed by atoms with van der Waals surface area (Å²) >= 11 is 0. The number of aliphatic hydroxyl groups is 2. The molecule has 27 heavy (non-hydrogen) atoms. The number of amides is 1. The van der Waals surface area contributed by atoms with Crippen molar-refractivity contribution >= 4 is 12.1 Å². The van der Waals surface area contributed by atoms with E-state index in [9.17, 15) is 9.90 Å². The van der Waals surface area contributed by atoms with Crippen LogP contribution in [-0.2, 0) is 4.79 Å². The first-order valence-electron chi connectivity index (χ1n) is 9.30. The predicted molar refractivity (Wildman–Crippen MR) is 110 cm³/mol. The number of carbonyl (C=O) groups is 1. The van der Waals surface area contributed by atoms with Crippen molar-refractivity contribution in [3.05, 3.63) is 60.5 Å². The first-order valence-corrected chi connectivity index (χ1v) is 9.30. The largest absolute Gasteiger partial charge is 0.396 e. The van der Waals surface area contributed by atoms with Gasteiger partial charge in [0.2, 0.25) is 5.91 Å². The van der Waals surface area contributed by atoms with Gasteiger partial charge in [-0.25, -0.2) is 0 Å². The number of rotatable bonds is 11. The molecule has 6 heteroatoms. The summed E-state index contributed by atoms with van der Waals surface area (Å²) in [5.41, 5.74) is 0.599. The van der Waals surface area contributed by atoms with Crippen LogP contribution < -0.4 is 5.32 Å². The van der Waals surface area contributed by atoms with E-state index in [1.807, 2.05) is 19.1 Å². The highest BCUT2D eigenvalue weighted by molar-refractivity contribution is 5.89. The first kappa shape index (κ1) is 22.6. The van der Waals surface area contributed by atoms with Gasteiger partial charge in [-0.05, 0) is 56.7 Å². The molecule has 0 aromatic heterocycles. The predicted octanol–water partition coefficient (Wildman–Crippen LogP) is 2.30. The van der Waals surface area contributed by atoms with E-state index in [4.69, 9.17) is 5.11 Å². The van der Waals surface area contributed by atoms with Crippen LogP contribution in [-0.4, -0.2) is 53.7 Å². The van der Waals surface area contributed by atoms with Gasteiger partial charge < -0.3 is 20.4 Å². The Bertz CT molecular complexity index is 598. The smallest absolute Gasteiger partial charge is 0.248 e. The molecule has 3 N–H and O–H groups in total. The molecule has 0 saturated carbocycles. The van der Waals surface area contributed by atoms with Crippen LogP contribution in [0.1, 0.15) is 26.2 Å². The molecule has 0 aromatic rings. The SMILES string of the molecule is C/C=C/C=C(\C=C/C=N/CO)NC(=O)/C=C/C(CO)C/C=C/N1CCCC1. The zero-order chi connectivity index (χ0) is 19.7. The summed E-state index contributed by atoms with van der Waals surface area (Å²) < 4.78 is 0. The van der Waals surface area contributed by atoms with Gasteiger partial charge >= 0.3 is 0 Å². The fourth-order valence-corrected chi connectivity index (χ4v) is 2.49.